The van der Waals surface area contributed by atoms with Gasteiger partial charge < -0.3 is 9.64 Å². The van der Waals surface area contributed by atoms with Crippen molar-refractivity contribution in [2.45, 2.75) is 31.8 Å². The molecule has 0 aromatic carbocycles. The van der Waals surface area contributed by atoms with Crippen LogP contribution >= 0.6 is 0 Å². The molecule has 21 heavy (non-hydrogen) atoms. The number of amides is 1. The Balaban J connectivity index is 2.84. The Bertz CT molecular complexity index is 555. The topological polar surface area (TPSA) is 94.4 Å². The van der Waals surface area contributed by atoms with Crippen LogP contribution in [-0.2, 0) is 14.6 Å². The van der Waals surface area contributed by atoms with Gasteiger partial charge in [-0.05, 0) is 13.3 Å². The summed E-state index contributed by atoms with van der Waals surface area (Å²) < 4.78 is 29.8. The van der Waals surface area contributed by atoms with E-state index in [1.54, 1.807) is 7.11 Å². The molecule has 1 amide bonds. The number of unbranched alkanes of at least 4 members (excludes halogenated alkanes) is 1. The van der Waals surface area contributed by atoms with Gasteiger partial charge in [0.15, 0.2) is 0 Å². The maximum absolute atomic E-state index is 12.2. The molecule has 0 saturated carbocycles. The van der Waals surface area contributed by atoms with Gasteiger partial charge in [0.2, 0.25) is 9.84 Å². The van der Waals surface area contributed by atoms with E-state index < -0.39 is 15.9 Å². The second-order valence-electron chi connectivity index (χ2n) is 4.50. The van der Waals surface area contributed by atoms with Gasteiger partial charge in [0.05, 0.1) is 12.4 Å². The number of hydrogen-bond acceptors (Lipinski definition) is 6. The molecule has 1 heterocycles. The summed E-state index contributed by atoms with van der Waals surface area (Å²) in [7, 11) is -1.98. The molecule has 0 radical (unpaired) electrons. The smallest absolute Gasteiger partial charge is 0.346 e. The average molecular weight is 318 g/mol. The van der Waals surface area contributed by atoms with Crippen LogP contribution in [0.3, 0.4) is 0 Å². The summed E-state index contributed by atoms with van der Waals surface area (Å²) in [4.78, 5) is 17.4. The third kappa shape index (κ3) is 4.78. The van der Waals surface area contributed by atoms with Gasteiger partial charge in [0.25, 0.3) is 5.16 Å². The Kier molecular flexibility index (Phi) is 6.76. The predicted octanol–water partition coefficient (Wildman–Crippen LogP) is 0.788. The molecule has 0 aliphatic rings. The zero-order valence-corrected chi connectivity index (χ0v) is 13.5. The summed E-state index contributed by atoms with van der Waals surface area (Å²) in [5.74, 6) is -0.0110. The van der Waals surface area contributed by atoms with Crippen LogP contribution in [0.1, 0.15) is 26.7 Å². The van der Waals surface area contributed by atoms with Crippen molar-refractivity contribution >= 4 is 15.9 Å². The molecule has 1 aromatic rings. The second kappa shape index (κ2) is 8.08. The molecule has 0 N–H and O–H groups in total. The maximum atomic E-state index is 12.2. The van der Waals surface area contributed by atoms with Crippen LogP contribution in [0.4, 0.5) is 4.79 Å². The fraction of sp³-hybridized carbons (Fsp3) is 0.750. The standard InChI is InChI=1S/C12H22N4O4S/c1-4-6-9-21(18,19)11-13-10-16(14-11)12(17)15(5-2)7-8-20-3/h10H,4-9H2,1-3H3. The number of nitrogens with zero attached hydrogens (tertiary/aromatic N) is 4. The van der Waals surface area contributed by atoms with Crippen LogP contribution in [0.25, 0.3) is 0 Å². The van der Waals surface area contributed by atoms with E-state index in [2.05, 4.69) is 10.1 Å². The molecule has 8 nitrogen and oxygen atoms in total. The van der Waals surface area contributed by atoms with E-state index in [9.17, 15) is 13.2 Å². The first-order valence-corrected chi connectivity index (χ1v) is 8.54. The fourth-order valence-corrected chi connectivity index (χ4v) is 2.91. The summed E-state index contributed by atoms with van der Waals surface area (Å²) in [6, 6.07) is -0.418. The molecule has 0 aliphatic heterocycles. The van der Waals surface area contributed by atoms with Crippen LogP contribution in [0.2, 0.25) is 0 Å². The summed E-state index contributed by atoms with van der Waals surface area (Å²) in [5, 5.41) is 3.50. The highest BCUT2D eigenvalue weighted by Gasteiger charge is 2.22. The number of carbonyl (C=O) groups is 1. The molecule has 0 spiro atoms. The first-order valence-electron chi connectivity index (χ1n) is 6.88. The highest BCUT2D eigenvalue weighted by Crippen LogP contribution is 2.07. The van der Waals surface area contributed by atoms with Crippen molar-refractivity contribution in [3.8, 4) is 0 Å². The third-order valence-electron chi connectivity index (χ3n) is 2.93. The Labute approximate surface area is 125 Å². The fourth-order valence-electron chi connectivity index (χ4n) is 1.64. The van der Waals surface area contributed by atoms with Crippen LogP contribution in [0.15, 0.2) is 11.5 Å². The van der Waals surface area contributed by atoms with E-state index in [0.29, 0.717) is 26.1 Å². The molecule has 0 fully saturated rings. The van der Waals surface area contributed by atoms with Crippen molar-refractivity contribution in [2.24, 2.45) is 0 Å². The largest absolute Gasteiger partial charge is 0.383 e. The average Bonchev–Trinajstić information content (AvgIpc) is 2.96. The Morgan fingerprint density at radius 3 is 2.71 bits per heavy atom. The molecular weight excluding hydrogens is 296 g/mol. The van der Waals surface area contributed by atoms with E-state index in [1.165, 1.54) is 4.90 Å². The SMILES string of the molecule is CCCCS(=O)(=O)c1ncn(C(=O)N(CC)CCOC)n1. The molecule has 0 saturated heterocycles. The van der Waals surface area contributed by atoms with E-state index in [0.717, 1.165) is 17.4 Å². The number of hydrogen-bond donors (Lipinski definition) is 0. The number of aromatic nitrogens is 3. The van der Waals surface area contributed by atoms with Gasteiger partial charge in [-0.25, -0.2) is 18.2 Å². The quantitative estimate of drug-likeness (QED) is 0.703. The van der Waals surface area contributed by atoms with Crippen LogP contribution in [0.5, 0.6) is 0 Å². The molecule has 0 bridgehead atoms. The summed E-state index contributed by atoms with van der Waals surface area (Å²) in [6.45, 7) is 5.00. The maximum Gasteiger partial charge on any atom is 0.346 e. The van der Waals surface area contributed by atoms with E-state index >= 15 is 0 Å². The van der Waals surface area contributed by atoms with Crippen LogP contribution in [0, 0.1) is 0 Å². The van der Waals surface area contributed by atoms with Crippen molar-refractivity contribution in [3.05, 3.63) is 6.33 Å². The lowest BCUT2D eigenvalue weighted by molar-refractivity contribution is 0.150. The summed E-state index contributed by atoms with van der Waals surface area (Å²) in [6.07, 6.45) is 2.44. The van der Waals surface area contributed by atoms with Crippen molar-refractivity contribution in [2.75, 3.05) is 32.6 Å². The van der Waals surface area contributed by atoms with Crippen LogP contribution < -0.4 is 0 Å². The predicted molar refractivity (Wildman–Crippen MR) is 76.9 cm³/mol. The summed E-state index contributed by atoms with van der Waals surface area (Å²) >= 11 is 0. The molecular formula is C12H22N4O4S. The number of likely N-dealkylation sites (N-methyl/N-ethyl adjacent to an activating group) is 1. The molecule has 120 valence electrons. The van der Waals surface area contributed by atoms with E-state index in [1.807, 2.05) is 13.8 Å². The lowest BCUT2D eigenvalue weighted by Crippen LogP contribution is -2.37. The van der Waals surface area contributed by atoms with Gasteiger partial charge in [-0.3, -0.25) is 0 Å². The number of methoxy groups -OCH3 is 1. The molecule has 0 unspecified atom stereocenters. The van der Waals surface area contributed by atoms with Crippen molar-refractivity contribution in [1.29, 1.82) is 0 Å². The van der Waals surface area contributed by atoms with E-state index in [-0.39, 0.29) is 10.9 Å². The minimum Gasteiger partial charge on any atom is -0.383 e. The zero-order chi connectivity index (χ0) is 15.9. The normalized spacial score (nSPS) is 11.6. The van der Waals surface area contributed by atoms with Gasteiger partial charge in [0.1, 0.15) is 6.33 Å². The Morgan fingerprint density at radius 2 is 2.14 bits per heavy atom. The number of sulfone groups is 1. The monoisotopic (exact) mass is 318 g/mol. The van der Waals surface area contributed by atoms with Gasteiger partial charge in [-0.1, -0.05) is 13.3 Å². The highest BCUT2D eigenvalue weighted by atomic mass is 32.2. The van der Waals surface area contributed by atoms with Crippen molar-refractivity contribution < 1.29 is 17.9 Å². The minimum atomic E-state index is -3.52. The number of rotatable bonds is 8. The molecule has 0 atom stereocenters. The lowest BCUT2D eigenvalue weighted by Gasteiger charge is -2.19. The zero-order valence-electron chi connectivity index (χ0n) is 12.7. The minimum absolute atomic E-state index is 0.0110. The van der Waals surface area contributed by atoms with E-state index in [4.69, 9.17) is 4.74 Å². The van der Waals surface area contributed by atoms with Crippen molar-refractivity contribution in [3.63, 3.8) is 0 Å². The molecule has 1 rings (SSSR count). The molecule has 9 heteroatoms. The van der Waals surface area contributed by atoms with Gasteiger partial charge in [0, 0.05) is 20.2 Å². The van der Waals surface area contributed by atoms with Gasteiger partial charge in [-0.2, -0.15) is 4.68 Å². The van der Waals surface area contributed by atoms with Crippen molar-refractivity contribution in [1.82, 2.24) is 19.7 Å². The van der Waals surface area contributed by atoms with Gasteiger partial charge >= 0.3 is 6.03 Å². The molecule has 0 aliphatic carbocycles. The Hall–Kier alpha value is -1.48. The highest BCUT2D eigenvalue weighted by molar-refractivity contribution is 7.91. The third-order valence-corrected chi connectivity index (χ3v) is 4.50. The van der Waals surface area contributed by atoms with Crippen LogP contribution in [-0.4, -0.2) is 66.7 Å². The first-order chi connectivity index (χ1) is 9.96. The number of ether oxygens (including phenoxy) is 1. The molecule has 1 aromatic heterocycles. The second-order valence-corrected chi connectivity index (χ2v) is 6.50. The summed E-state index contributed by atoms with van der Waals surface area (Å²) in [5.41, 5.74) is 0. The van der Waals surface area contributed by atoms with Gasteiger partial charge in [-0.15, -0.1) is 5.10 Å². The number of carbonyl (C=O) groups excluding carboxylic acids is 1. The lowest BCUT2D eigenvalue weighted by atomic mass is 10.4. The Morgan fingerprint density at radius 1 is 1.43 bits per heavy atom. The first kappa shape index (κ1) is 17.6.